The number of hydrogen-bond donors (Lipinski definition) is 2. The number of nitrogens with zero attached hydrogens (tertiary/aromatic N) is 4. The van der Waals surface area contributed by atoms with Crippen molar-refractivity contribution in [3.63, 3.8) is 0 Å². The zero-order chi connectivity index (χ0) is 36.8. The van der Waals surface area contributed by atoms with Gasteiger partial charge in [0.15, 0.2) is 5.60 Å². The summed E-state index contributed by atoms with van der Waals surface area (Å²) in [5.41, 5.74) is -2.37. The number of nitrogens with one attached hydrogen (secondary N) is 2. The predicted octanol–water partition coefficient (Wildman–Crippen LogP) is 6.80. The second kappa shape index (κ2) is 13.9. The third kappa shape index (κ3) is 9.25. The van der Waals surface area contributed by atoms with Crippen LogP contribution in [0.25, 0.3) is 11.0 Å². The van der Waals surface area contributed by atoms with Gasteiger partial charge in [-0.3, -0.25) is 0 Å². The zero-order valence-electron chi connectivity index (χ0n) is 29.3. The number of rotatable bonds is 14. The molecule has 1 saturated heterocycles. The van der Waals surface area contributed by atoms with Crippen LogP contribution in [0.4, 0.5) is 26.7 Å². The average Bonchev–Trinajstić information content (AvgIpc) is 3.67. The van der Waals surface area contributed by atoms with Gasteiger partial charge in [-0.2, -0.15) is 18.4 Å². The lowest BCUT2D eigenvalue weighted by Gasteiger charge is -2.40. The first-order valence-electron chi connectivity index (χ1n) is 16.2. The van der Waals surface area contributed by atoms with Crippen molar-refractivity contribution >= 4 is 36.5 Å². The maximum Gasteiger partial charge on any atom is 0.416 e. The topological polar surface area (TPSA) is 127 Å². The number of carbonyl (C=O) groups excluding carboxylic acids is 1. The van der Waals surface area contributed by atoms with E-state index in [2.05, 4.69) is 35.7 Å². The summed E-state index contributed by atoms with van der Waals surface area (Å²) < 4.78 is 99.2. The molecule has 2 amide bonds. The van der Waals surface area contributed by atoms with Gasteiger partial charge >= 0.3 is 12.2 Å². The van der Waals surface area contributed by atoms with Crippen molar-refractivity contribution in [3.8, 4) is 6.07 Å². The van der Waals surface area contributed by atoms with E-state index < -0.39 is 85.1 Å². The Morgan fingerprint density at radius 2 is 1.84 bits per heavy atom. The van der Waals surface area contributed by atoms with Crippen LogP contribution in [-0.2, 0) is 27.6 Å². The summed E-state index contributed by atoms with van der Waals surface area (Å²) in [4.78, 5) is 18.7. The molecule has 1 aromatic carbocycles. The molecule has 2 aromatic rings. The standard InChI is InChI=1S/C32H47F5N6O4SSi/c1-28(2,3)48(45)41-23(16-47-29(4,5)32(35,36)37)26-40-22-15-21(9-10-24(22)43(26)20-46-13-14-49(6,7)8)25(30(17-38)11-12-30)42-19-31(33,34)18-39-27(42)44/h9-10,15,23,25,41H,11-14,16,18-20H2,1-8H3,(H,39,44)/t23-,25-,48?/m0/s1. The van der Waals surface area contributed by atoms with Gasteiger partial charge in [0.1, 0.15) is 23.3 Å². The van der Waals surface area contributed by atoms with E-state index in [1.165, 1.54) is 0 Å². The van der Waals surface area contributed by atoms with Crippen molar-refractivity contribution in [2.75, 3.05) is 26.3 Å². The van der Waals surface area contributed by atoms with E-state index in [4.69, 9.17) is 14.5 Å². The van der Waals surface area contributed by atoms with Crippen LogP contribution in [0.1, 0.15) is 70.9 Å². The molecule has 1 aliphatic carbocycles. The maximum absolute atomic E-state index is 14.6. The fourth-order valence-electron chi connectivity index (χ4n) is 5.38. The SMILES string of the molecule is CC(C)(C)[S+]([O-])N[C@@H](COC(C)(C)C(F)(F)F)c1nc2cc([C@H](N3CC(F)(F)CNC3=O)C3(C#N)CC3)ccc2n1COCC[Si](C)(C)C. The summed E-state index contributed by atoms with van der Waals surface area (Å²) in [6, 6.07) is 5.19. The Hall–Kier alpha value is -2.49. The molecule has 17 heteroatoms. The summed E-state index contributed by atoms with van der Waals surface area (Å²) in [7, 11) is -1.48. The van der Waals surface area contributed by atoms with Crippen molar-refractivity contribution in [2.24, 2.45) is 5.41 Å². The van der Waals surface area contributed by atoms with Gasteiger partial charge in [0.25, 0.3) is 5.92 Å². The van der Waals surface area contributed by atoms with Gasteiger partial charge in [0.05, 0.1) is 48.3 Å². The van der Waals surface area contributed by atoms with Gasteiger partial charge in [-0.15, -0.1) is 4.72 Å². The number of ether oxygens (including phenoxy) is 2. The van der Waals surface area contributed by atoms with E-state index in [9.17, 15) is 36.6 Å². The van der Waals surface area contributed by atoms with Gasteiger partial charge in [-0.1, -0.05) is 25.7 Å². The monoisotopic (exact) mass is 734 g/mol. The number of carbonyl (C=O) groups is 1. The van der Waals surface area contributed by atoms with Gasteiger partial charge < -0.3 is 28.8 Å². The molecule has 2 N–H and O–H groups in total. The highest BCUT2D eigenvalue weighted by Gasteiger charge is 2.57. The number of fused-ring (bicyclic) bond motifs is 1. The number of urea groups is 1. The lowest BCUT2D eigenvalue weighted by Crippen LogP contribution is -2.58. The fourth-order valence-corrected chi connectivity index (χ4v) is 6.92. The molecule has 3 atom stereocenters. The molecule has 274 valence electrons. The van der Waals surface area contributed by atoms with Crippen molar-refractivity contribution in [2.45, 2.75) is 114 Å². The molecule has 10 nitrogen and oxygen atoms in total. The largest absolute Gasteiger partial charge is 0.598 e. The third-order valence-electron chi connectivity index (χ3n) is 8.75. The zero-order valence-corrected chi connectivity index (χ0v) is 31.1. The molecule has 1 saturated carbocycles. The van der Waals surface area contributed by atoms with Crippen LogP contribution in [0.3, 0.4) is 0 Å². The van der Waals surface area contributed by atoms with E-state index >= 15 is 0 Å². The first-order chi connectivity index (χ1) is 22.4. The highest BCUT2D eigenvalue weighted by Crippen LogP contribution is 2.57. The molecule has 2 heterocycles. The molecular formula is C32H47F5N6O4SSi. The molecule has 2 fully saturated rings. The number of imidazole rings is 1. The number of benzene rings is 1. The lowest BCUT2D eigenvalue weighted by atomic mass is 9.89. The highest BCUT2D eigenvalue weighted by atomic mass is 32.2. The molecule has 4 rings (SSSR count). The van der Waals surface area contributed by atoms with Crippen LogP contribution >= 0.6 is 0 Å². The van der Waals surface area contributed by atoms with E-state index in [1.54, 1.807) is 43.5 Å². The van der Waals surface area contributed by atoms with E-state index in [0.29, 0.717) is 36.0 Å². The van der Waals surface area contributed by atoms with E-state index in [-0.39, 0.29) is 12.6 Å². The lowest BCUT2D eigenvalue weighted by molar-refractivity contribution is -0.265. The smallest absolute Gasteiger partial charge is 0.416 e. The maximum atomic E-state index is 14.6. The minimum absolute atomic E-state index is 0.0367. The van der Waals surface area contributed by atoms with Crippen LogP contribution in [0, 0.1) is 16.7 Å². The Balaban J connectivity index is 1.83. The van der Waals surface area contributed by atoms with Crippen LogP contribution in [-0.4, -0.2) is 81.9 Å². The van der Waals surface area contributed by atoms with Crippen LogP contribution < -0.4 is 10.0 Å². The quantitative estimate of drug-likeness (QED) is 0.0946. The summed E-state index contributed by atoms with van der Waals surface area (Å²) in [5, 5.41) is 12.3. The molecular weight excluding hydrogens is 688 g/mol. The van der Waals surface area contributed by atoms with Gasteiger partial charge in [-0.05, 0) is 71.2 Å². The van der Waals surface area contributed by atoms with Crippen molar-refractivity contribution in [3.05, 3.63) is 29.6 Å². The van der Waals surface area contributed by atoms with Crippen LogP contribution in [0.15, 0.2) is 18.2 Å². The van der Waals surface area contributed by atoms with Gasteiger partial charge in [-0.25, -0.2) is 18.6 Å². The second-order valence-corrected chi connectivity index (χ2v) is 23.3. The Morgan fingerprint density at radius 3 is 2.39 bits per heavy atom. The third-order valence-corrected chi connectivity index (χ3v) is 12.1. The molecule has 2 aliphatic rings. The second-order valence-electron chi connectivity index (χ2n) is 15.7. The summed E-state index contributed by atoms with van der Waals surface area (Å²) in [6.07, 6.45) is -3.88. The highest BCUT2D eigenvalue weighted by molar-refractivity contribution is 7.90. The molecule has 0 bridgehead atoms. The van der Waals surface area contributed by atoms with Crippen LogP contribution in [0.5, 0.6) is 0 Å². The Bertz CT molecular complexity index is 1550. The summed E-state index contributed by atoms with van der Waals surface area (Å²) >= 11 is -1.76. The number of aromatic nitrogens is 2. The molecule has 1 unspecified atom stereocenters. The molecule has 1 aliphatic heterocycles. The summed E-state index contributed by atoms with van der Waals surface area (Å²) in [5.74, 6) is -3.02. The van der Waals surface area contributed by atoms with Crippen molar-refractivity contribution < 1.29 is 40.8 Å². The molecule has 0 radical (unpaired) electrons. The summed E-state index contributed by atoms with van der Waals surface area (Å²) in [6.45, 7) is 11.7. The van der Waals surface area contributed by atoms with Gasteiger partial charge in [0.2, 0.25) is 0 Å². The molecule has 49 heavy (non-hydrogen) atoms. The van der Waals surface area contributed by atoms with Crippen molar-refractivity contribution in [1.29, 1.82) is 5.26 Å². The number of alkyl halides is 5. The first-order valence-corrected chi connectivity index (χ1v) is 21.1. The first kappa shape index (κ1) is 39.3. The van der Waals surface area contributed by atoms with Crippen molar-refractivity contribution in [1.82, 2.24) is 24.5 Å². The van der Waals surface area contributed by atoms with E-state index in [0.717, 1.165) is 24.8 Å². The number of nitriles is 1. The predicted molar refractivity (Wildman–Crippen MR) is 179 cm³/mol. The van der Waals surface area contributed by atoms with Crippen LogP contribution in [0.2, 0.25) is 25.7 Å². The van der Waals surface area contributed by atoms with E-state index in [1.807, 2.05) is 0 Å². The minimum Gasteiger partial charge on any atom is -0.598 e. The Kier molecular flexibility index (Phi) is 11.2. The Morgan fingerprint density at radius 1 is 1.18 bits per heavy atom. The molecule has 1 aromatic heterocycles. The van der Waals surface area contributed by atoms with Gasteiger partial charge in [0, 0.05) is 26.0 Å². The molecule has 0 spiro atoms. The number of amides is 2. The average molecular weight is 735 g/mol. The minimum atomic E-state index is -4.69. The fraction of sp³-hybridized carbons (Fsp3) is 0.719. The normalized spacial score (nSPS) is 20.1. The number of hydrogen-bond acceptors (Lipinski definition) is 7. The Labute approximate surface area is 288 Å². The number of halogens is 5.